The van der Waals surface area contributed by atoms with Gasteiger partial charge >= 0.3 is 0 Å². The minimum absolute atomic E-state index is 0.0274. The molecular weight excluding hydrogens is 322 g/mol. The summed E-state index contributed by atoms with van der Waals surface area (Å²) in [5, 5.41) is 2.95. The van der Waals surface area contributed by atoms with Gasteiger partial charge in [-0.1, -0.05) is 0 Å². The smallest absolute Gasteiger partial charge is 0.287 e. The van der Waals surface area contributed by atoms with Crippen molar-refractivity contribution in [3.63, 3.8) is 0 Å². The quantitative estimate of drug-likeness (QED) is 0.799. The van der Waals surface area contributed by atoms with Crippen molar-refractivity contribution in [2.45, 2.75) is 12.6 Å². The molecule has 0 bridgehead atoms. The van der Waals surface area contributed by atoms with E-state index in [0.717, 1.165) is 36.6 Å². The summed E-state index contributed by atoms with van der Waals surface area (Å²) in [6.07, 6.45) is 0. The molecule has 1 aromatic carbocycles. The van der Waals surface area contributed by atoms with Gasteiger partial charge < -0.3 is 20.5 Å². The lowest BCUT2D eigenvalue weighted by atomic mass is 10.1. The first-order chi connectivity index (χ1) is 12.0. The maximum absolute atomic E-state index is 12.4. The molecule has 1 atom stereocenters. The number of piperazine rings is 1. The van der Waals surface area contributed by atoms with E-state index in [2.05, 4.69) is 27.2 Å². The molecule has 2 aliphatic rings. The molecule has 2 heterocycles. The largest absolute Gasteiger partial charge is 0.460 e. The van der Waals surface area contributed by atoms with Crippen molar-refractivity contribution < 1.29 is 14.3 Å². The van der Waals surface area contributed by atoms with Gasteiger partial charge in [0.15, 0.2) is 0 Å². The molecule has 8 heteroatoms. The Bertz CT molecular complexity index is 664. The molecule has 1 aromatic rings. The molecule has 1 amide bonds. The summed E-state index contributed by atoms with van der Waals surface area (Å²) in [5.74, 6) is -0.0274. The van der Waals surface area contributed by atoms with Crippen LogP contribution >= 0.6 is 0 Å². The number of aliphatic imine (C=N–C) groups is 1. The van der Waals surface area contributed by atoms with Crippen molar-refractivity contribution in [1.29, 1.82) is 0 Å². The highest BCUT2D eigenvalue weighted by atomic mass is 16.5. The van der Waals surface area contributed by atoms with Crippen molar-refractivity contribution >= 4 is 23.3 Å². The van der Waals surface area contributed by atoms with Gasteiger partial charge in [-0.25, -0.2) is 0 Å². The van der Waals surface area contributed by atoms with Crippen LogP contribution in [0.25, 0.3) is 0 Å². The zero-order valence-corrected chi connectivity index (χ0v) is 14.7. The first kappa shape index (κ1) is 17.7. The third-order valence-corrected chi connectivity index (χ3v) is 4.56. The molecule has 3 rings (SSSR count). The minimum atomic E-state index is -0.0274. The topological polar surface area (TPSA) is 92.4 Å². The highest BCUT2D eigenvalue weighted by Crippen LogP contribution is 2.26. The number of fused-ring (bicyclic) bond motifs is 1. The van der Waals surface area contributed by atoms with Crippen molar-refractivity contribution in [3.8, 4) is 0 Å². The van der Waals surface area contributed by atoms with Crippen LogP contribution in [0.3, 0.4) is 0 Å². The molecule has 136 valence electrons. The van der Waals surface area contributed by atoms with Crippen LogP contribution in [0.4, 0.5) is 11.4 Å². The van der Waals surface area contributed by atoms with Crippen LogP contribution in [0.1, 0.15) is 5.56 Å². The molecule has 1 fully saturated rings. The standard InChI is InChI=1S/C17H25N5O3/c1-21-5-6-22(8-14(21)11-24-2)9-16(23)19-13-3-4-15-12(7-13)10-25-17(18)20-15/h3-4,7,14H,5-6,8-11H2,1-2H3,(H2,18,20)(H,19,23). The third-order valence-electron chi connectivity index (χ3n) is 4.56. The van der Waals surface area contributed by atoms with E-state index in [1.54, 1.807) is 7.11 Å². The first-order valence-electron chi connectivity index (χ1n) is 8.36. The van der Waals surface area contributed by atoms with Crippen molar-refractivity contribution in [3.05, 3.63) is 23.8 Å². The predicted octanol–water partition coefficient (Wildman–Crippen LogP) is 0.364. The van der Waals surface area contributed by atoms with E-state index < -0.39 is 0 Å². The molecule has 1 saturated heterocycles. The minimum Gasteiger partial charge on any atom is -0.460 e. The molecule has 0 spiro atoms. The van der Waals surface area contributed by atoms with Gasteiger partial charge in [0.2, 0.25) is 5.91 Å². The number of nitrogens with zero attached hydrogens (tertiary/aromatic N) is 3. The van der Waals surface area contributed by atoms with Crippen LogP contribution in [0, 0.1) is 0 Å². The lowest BCUT2D eigenvalue weighted by Gasteiger charge is -2.38. The van der Waals surface area contributed by atoms with Gasteiger partial charge in [-0.15, -0.1) is 0 Å². The number of nitrogens with two attached hydrogens (primary N) is 1. The van der Waals surface area contributed by atoms with Gasteiger partial charge in [0.05, 0.1) is 18.8 Å². The van der Waals surface area contributed by atoms with Gasteiger partial charge in [0.1, 0.15) is 6.61 Å². The highest BCUT2D eigenvalue weighted by molar-refractivity contribution is 5.92. The monoisotopic (exact) mass is 347 g/mol. The van der Waals surface area contributed by atoms with Gasteiger partial charge in [-0.3, -0.25) is 14.6 Å². The molecule has 0 saturated carbocycles. The van der Waals surface area contributed by atoms with E-state index in [-0.39, 0.29) is 11.9 Å². The fourth-order valence-corrected chi connectivity index (χ4v) is 3.12. The number of benzene rings is 1. The number of amides is 1. The van der Waals surface area contributed by atoms with E-state index in [1.165, 1.54) is 0 Å². The molecule has 0 aromatic heterocycles. The molecule has 2 aliphatic heterocycles. The summed E-state index contributed by atoms with van der Waals surface area (Å²) in [7, 11) is 3.79. The maximum atomic E-state index is 12.4. The number of anilines is 1. The van der Waals surface area contributed by atoms with Crippen LogP contribution in [0.15, 0.2) is 23.2 Å². The zero-order valence-electron chi connectivity index (χ0n) is 14.7. The Morgan fingerprint density at radius 3 is 3.12 bits per heavy atom. The number of amidine groups is 1. The Labute approximate surface area is 147 Å². The molecule has 3 N–H and O–H groups in total. The average Bonchev–Trinajstić information content (AvgIpc) is 2.58. The Hall–Kier alpha value is -2.16. The number of ether oxygens (including phenoxy) is 2. The van der Waals surface area contributed by atoms with Crippen LogP contribution in [-0.2, 0) is 20.9 Å². The Kier molecular flexibility index (Phi) is 5.52. The van der Waals surface area contributed by atoms with E-state index >= 15 is 0 Å². The number of likely N-dealkylation sites (N-methyl/N-ethyl adjacent to an activating group) is 1. The number of carbonyl (C=O) groups is 1. The number of hydrogen-bond acceptors (Lipinski definition) is 7. The maximum Gasteiger partial charge on any atom is 0.287 e. The Morgan fingerprint density at radius 2 is 2.32 bits per heavy atom. The second-order valence-electron chi connectivity index (χ2n) is 6.46. The highest BCUT2D eigenvalue weighted by Gasteiger charge is 2.25. The molecule has 0 aliphatic carbocycles. The summed E-state index contributed by atoms with van der Waals surface area (Å²) in [5.41, 5.74) is 7.99. The first-order valence-corrected chi connectivity index (χ1v) is 8.36. The lowest BCUT2D eigenvalue weighted by molar-refractivity contribution is -0.118. The fourth-order valence-electron chi connectivity index (χ4n) is 3.12. The number of methoxy groups -OCH3 is 1. The fraction of sp³-hybridized carbons (Fsp3) is 0.529. The zero-order chi connectivity index (χ0) is 17.8. The average molecular weight is 347 g/mol. The number of carbonyl (C=O) groups excluding carboxylic acids is 1. The van der Waals surface area contributed by atoms with Crippen molar-refractivity contribution in [1.82, 2.24) is 9.80 Å². The third kappa shape index (κ3) is 4.47. The van der Waals surface area contributed by atoms with Crippen LogP contribution in [0.5, 0.6) is 0 Å². The van der Waals surface area contributed by atoms with E-state index in [1.807, 2.05) is 18.2 Å². The van der Waals surface area contributed by atoms with E-state index in [4.69, 9.17) is 15.2 Å². The Morgan fingerprint density at radius 1 is 1.48 bits per heavy atom. The van der Waals surface area contributed by atoms with Gasteiger partial charge in [0.25, 0.3) is 6.02 Å². The Balaban J connectivity index is 1.56. The number of hydrogen-bond donors (Lipinski definition) is 2. The summed E-state index contributed by atoms with van der Waals surface area (Å²) in [6.45, 7) is 4.03. The normalized spacial score (nSPS) is 21.2. The molecular formula is C17H25N5O3. The van der Waals surface area contributed by atoms with E-state index in [0.29, 0.717) is 25.8 Å². The van der Waals surface area contributed by atoms with E-state index in [9.17, 15) is 4.79 Å². The number of rotatable bonds is 5. The van der Waals surface area contributed by atoms with Gasteiger partial charge in [-0.2, -0.15) is 4.99 Å². The van der Waals surface area contributed by atoms with Crippen LogP contribution < -0.4 is 11.1 Å². The summed E-state index contributed by atoms with van der Waals surface area (Å²) >= 11 is 0. The molecule has 8 nitrogen and oxygen atoms in total. The summed E-state index contributed by atoms with van der Waals surface area (Å²) in [4.78, 5) is 20.9. The predicted molar refractivity (Wildman–Crippen MR) is 95.9 cm³/mol. The van der Waals surface area contributed by atoms with Crippen LogP contribution in [0.2, 0.25) is 0 Å². The summed E-state index contributed by atoms with van der Waals surface area (Å²) < 4.78 is 10.5. The second-order valence-corrected chi connectivity index (χ2v) is 6.46. The van der Waals surface area contributed by atoms with Crippen LogP contribution in [-0.4, -0.2) is 74.7 Å². The number of nitrogens with one attached hydrogen (secondary N) is 1. The molecule has 25 heavy (non-hydrogen) atoms. The molecule has 0 radical (unpaired) electrons. The lowest BCUT2D eigenvalue weighted by Crippen LogP contribution is -2.54. The van der Waals surface area contributed by atoms with Gasteiger partial charge in [0, 0.05) is 44.0 Å². The SMILES string of the molecule is COCC1CN(CC(=O)Nc2ccc3c(c2)COC(N)=N3)CCN1C. The summed E-state index contributed by atoms with van der Waals surface area (Å²) in [6, 6.07) is 6.03. The van der Waals surface area contributed by atoms with Gasteiger partial charge in [-0.05, 0) is 25.2 Å². The van der Waals surface area contributed by atoms with Crippen molar-refractivity contribution in [2.75, 3.05) is 52.3 Å². The second kappa shape index (κ2) is 7.81. The molecule has 1 unspecified atom stereocenters. The van der Waals surface area contributed by atoms with Crippen molar-refractivity contribution in [2.24, 2.45) is 10.7 Å².